The summed E-state index contributed by atoms with van der Waals surface area (Å²) in [6, 6.07) is 11.3. The van der Waals surface area contributed by atoms with Crippen molar-refractivity contribution in [2.45, 2.75) is 94.6 Å². The van der Waals surface area contributed by atoms with E-state index in [1.54, 1.807) is 34.6 Å². The first-order chi connectivity index (χ1) is 20.7. The minimum absolute atomic E-state index is 0.0296. The zero-order chi connectivity index (χ0) is 32.2. The average Bonchev–Trinajstić information content (AvgIpc) is 3.80. The fourth-order valence-corrected chi connectivity index (χ4v) is 6.36. The average molecular weight is 617 g/mol. The lowest BCUT2D eigenvalue weighted by Gasteiger charge is -2.36. The van der Waals surface area contributed by atoms with E-state index in [1.165, 1.54) is 0 Å². The Hall–Kier alpha value is -4.09. The molecule has 0 bridgehead atoms. The molecule has 232 valence electrons. The maximum atomic E-state index is 13.1. The number of pyridine rings is 1. The summed E-state index contributed by atoms with van der Waals surface area (Å²) in [6.45, 7) is 18.0. The molecule has 10 nitrogen and oxygen atoms in total. The van der Waals surface area contributed by atoms with Crippen LogP contribution in [-0.2, 0) is 19.1 Å². The number of nitriles is 1. The minimum atomic E-state index is -0.938. The predicted octanol–water partition coefficient (Wildman–Crippen LogP) is 5.54. The minimum Gasteiger partial charge on any atom is -0.460 e. The number of esters is 1. The predicted molar refractivity (Wildman–Crippen MR) is 169 cm³/mol. The van der Waals surface area contributed by atoms with Crippen molar-refractivity contribution in [2.75, 3.05) is 18.0 Å². The lowest BCUT2D eigenvalue weighted by atomic mass is 9.87. The van der Waals surface area contributed by atoms with Gasteiger partial charge < -0.3 is 20.7 Å². The number of carbonyl (C=O) groups is 3. The first-order valence-corrected chi connectivity index (χ1v) is 15.8. The molecule has 0 spiro atoms. The lowest BCUT2D eigenvalue weighted by Crippen LogP contribution is -2.49. The Balaban J connectivity index is 1.54. The zero-order valence-corrected chi connectivity index (χ0v) is 26.8. The van der Waals surface area contributed by atoms with Gasteiger partial charge in [0, 0.05) is 19.1 Å². The van der Waals surface area contributed by atoms with E-state index in [4.69, 9.17) is 22.0 Å². The SMILES string of the molecule is [C-]#[N+]c1c(N2CCC(NC(=O)C(C)(C)CC(=O)OC(C)(C)C)CC2)nc(SC(C(N)=O)c2ccccc2)c(C#N)c1C1CC1. The normalized spacial score (nSPS) is 16.4. The highest BCUT2D eigenvalue weighted by molar-refractivity contribution is 8.00. The first-order valence-electron chi connectivity index (χ1n) is 14.9. The summed E-state index contributed by atoms with van der Waals surface area (Å²) >= 11 is 1.15. The van der Waals surface area contributed by atoms with E-state index in [9.17, 15) is 19.6 Å². The van der Waals surface area contributed by atoms with E-state index >= 15 is 0 Å². The molecule has 1 aromatic heterocycles. The van der Waals surface area contributed by atoms with Gasteiger partial charge in [-0.1, -0.05) is 55.9 Å². The topological polar surface area (TPSA) is 143 Å². The van der Waals surface area contributed by atoms with Gasteiger partial charge in [-0.25, -0.2) is 9.83 Å². The van der Waals surface area contributed by atoms with Crippen LogP contribution in [0.25, 0.3) is 4.85 Å². The molecule has 2 aliphatic rings. The number of amides is 2. The Bertz CT molecular complexity index is 1490. The van der Waals surface area contributed by atoms with Gasteiger partial charge in [0.25, 0.3) is 0 Å². The molecule has 2 fully saturated rings. The number of carbonyl (C=O) groups excluding carboxylic acids is 3. The molecule has 1 atom stereocenters. The molecule has 1 aromatic carbocycles. The summed E-state index contributed by atoms with van der Waals surface area (Å²) in [5.41, 5.74) is 6.37. The number of nitrogens with one attached hydrogen (secondary N) is 1. The summed E-state index contributed by atoms with van der Waals surface area (Å²) in [4.78, 5) is 48.8. The number of anilines is 1. The number of aromatic nitrogens is 1. The number of hydrogen-bond donors (Lipinski definition) is 2. The molecule has 2 aromatic rings. The van der Waals surface area contributed by atoms with Crippen molar-refractivity contribution in [3.63, 3.8) is 0 Å². The largest absolute Gasteiger partial charge is 0.460 e. The van der Waals surface area contributed by atoms with Crippen molar-refractivity contribution in [2.24, 2.45) is 11.1 Å². The number of benzene rings is 1. The van der Waals surface area contributed by atoms with E-state index in [2.05, 4.69) is 16.2 Å². The molecule has 0 radical (unpaired) electrons. The second-order valence-corrected chi connectivity index (χ2v) is 14.2. The number of piperidine rings is 1. The van der Waals surface area contributed by atoms with E-state index < -0.39 is 28.1 Å². The monoisotopic (exact) mass is 616 g/mol. The Morgan fingerprint density at radius 2 is 1.80 bits per heavy atom. The second kappa shape index (κ2) is 13.3. The maximum absolute atomic E-state index is 13.1. The smallest absolute Gasteiger partial charge is 0.307 e. The van der Waals surface area contributed by atoms with Gasteiger partial charge in [-0.2, -0.15) is 5.26 Å². The van der Waals surface area contributed by atoms with Crippen LogP contribution in [-0.4, -0.2) is 47.5 Å². The third-order valence-electron chi connectivity index (χ3n) is 7.71. The molecule has 3 N–H and O–H groups in total. The van der Waals surface area contributed by atoms with Crippen LogP contribution in [0.4, 0.5) is 11.5 Å². The molecule has 1 aliphatic carbocycles. The summed E-state index contributed by atoms with van der Waals surface area (Å²) in [7, 11) is 0. The van der Waals surface area contributed by atoms with Gasteiger partial charge in [0.2, 0.25) is 17.5 Å². The van der Waals surface area contributed by atoms with Crippen LogP contribution in [0.15, 0.2) is 35.4 Å². The molecular formula is C33H40N6O4S. The summed E-state index contributed by atoms with van der Waals surface area (Å²) < 4.78 is 5.41. The number of nitrogens with zero attached hydrogens (tertiary/aromatic N) is 4. The molecule has 1 saturated carbocycles. The van der Waals surface area contributed by atoms with Crippen LogP contribution in [0, 0.1) is 23.3 Å². The van der Waals surface area contributed by atoms with Gasteiger partial charge in [-0.05, 0) is 63.5 Å². The number of hydrogen-bond acceptors (Lipinski definition) is 8. The number of ether oxygens (including phenoxy) is 1. The van der Waals surface area contributed by atoms with Crippen molar-refractivity contribution >= 4 is 41.1 Å². The molecule has 2 amide bonds. The van der Waals surface area contributed by atoms with E-state index in [0.29, 0.717) is 59.2 Å². The van der Waals surface area contributed by atoms with Gasteiger partial charge in [0.1, 0.15) is 27.8 Å². The van der Waals surface area contributed by atoms with Crippen molar-refractivity contribution in [3.05, 3.63) is 58.4 Å². The number of nitrogens with two attached hydrogens (primary N) is 1. The van der Waals surface area contributed by atoms with Crippen LogP contribution >= 0.6 is 11.8 Å². The van der Waals surface area contributed by atoms with Crippen LogP contribution in [0.2, 0.25) is 0 Å². The van der Waals surface area contributed by atoms with Crippen molar-refractivity contribution < 1.29 is 19.1 Å². The molecule has 2 heterocycles. The molecule has 11 heteroatoms. The van der Waals surface area contributed by atoms with Crippen molar-refractivity contribution in [1.29, 1.82) is 5.26 Å². The Kier molecular flexibility index (Phi) is 9.90. The Morgan fingerprint density at radius 1 is 1.16 bits per heavy atom. The quantitative estimate of drug-likeness (QED) is 0.201. The molecule has 1 aliphatic heterocycles. The van der Waals surface area contributed by atoms with Gasteiger partial charge in [0.05, 0.1) is 24.0 Å². The van der Waals surface area contributed by atoms with E-state index in [0.717, 1.165) is 24.6 Å². The highest BCUT2D eigenvalue weighted by Gasteiger charge is 2.37. The zero-order valence-electron chi connectivity index (χ0n) is 26.0. The molecular weight excluding hydrogens is 576 g/mol. The van der Waals surface area contributed by atoms with Gasteiger partial charge in [0.15, 0.2) is 0 Å². The van der Waals surface area contributed by atoms with Gasteiger partial charge in [-0.3, -0.25) is 14.4 Å². The van der Waals surface area contributed by atoms with Gasteiger partial charge >= 0.3 is 5.97 Å². The fourth-order valence-electron chi connectivity index (χ4n) is 5.32. The van der Waals surface area contributed by atoms with Crippen LogP contribution < -0.4 is 16.0 Å². The standard InChI is InChI=1S/C33H40N6O4S/c1-32(2,3)43-24(40)18-33(4,5)31(42)37-22-14-16-39(17-15-22)29-26(36-6)25(20-12-13-20)23(19-34)30(38-29)44-27(28(35)41)21-10-8-7-9-11-21/h7-11,20,22,27H,12-18H2,1-5H3,(H2,35,41)(H,37,42). The van der Waals surface area contributed by atoms with Gasteiger partial charge in [-0.15, -0.1) is 0 Å². The highest BCUT2D eigenvalue weighted by Crippen LogP contribution is 2.51. The summed E-state index contributed by atoms with van der Waals surface area (Å²) in [5.74, 6) is -0.579. The van der Waals surface area contributed by atoms with Crippen molar-refractivity contribution in [3.8, 4) is 6.07 Å². The summed E-state index contributed by atoms with van der Waals surface area (Å²) in [5, 5.41) is 13.0. The fraction of sp³-hybridized carbons (Fsp3) is 0.515. The van der Waals surface area contributed by atoms with Crippen LogP contribution in [0.1, 0.15) is 94.6 Å². The van der Waals surface area contributed by atoms with Crippen molar-refractivity contribution in [1.82, 2.24) is 10.3 Å². The summed E-state index contributed by atoms with van der Waals surface area (Å²) in [6.07, 6.45) is 2.97. The third-order valence-corrected chi connectivity index (χ3v) is 8.97. The lowest BCUT2D eigenvalue weighted by molar-refractivity contribution is -0.159. The second-order valence-electron chi connectivity index (χ2n) is 13.1. The number of thioether (sulfide) groups is 1. The molecule has 1 unspecified atom stereocenters. The Morgan fingerprint density at radius 3 is 2.32 bits per heavy atom. The van der Waals surface area contributed by atoms with E-state index in [1.807, 2.05) is 35.2 Å². The number of rotatable bonds is 10. The number of primary amides is 1. The third kappa shape index (κ3) is 7.89. The van der Waals surface area contributed by atoms with Crippen LogP contribution in [0.3, 0.4) is 0 Å². The molecule has 4 rings (SSSR count). The van der Waals surface area contributed by atoms with E-state index in [-0.39, 0.29) is 24.3 Å². The molecule has 44 heavy (non-hydrogen) atoms. The maximum Gasteiger partial charge on any atom is 0.307 e. The first kappa shape index (κ1) is 32.8. The Labute approximate surface area is 263 Å². The molecule has 1 saturated heterocycles. The highest BCUT2D eigenvalue weighted by atomic mass is 32.2. The van der Waals surface area contributed by atoms with Crippen LogP contribution in [0.5, 0.6) is 0 Å².